The first-order chi connectivity index (χ1) is 7.11. The predicted octanol–water partition coefficient (Wildman–Crippen LogP) is 2.27. The van der Waals surface area contributed by atoms with Crippen molar-refractivity contribution in [3.8, 4) is 0 Å². The Kier molecular flexibility index (Phi) is 5.09. The van der Waals surface area contributed by atoms with Gasteiger partial charge in [0.15, 0.2) is 0 Å². The van der Waals surface area contributed by atoms with Crippen LogP contribution >= 0.6 is 0 Å². The molecule has 1 fully saturated rings. The van der Waals surface area contributed by atoms with E-state index >= 15 is 0 Å². The summed E-state index contributed by atoms with van der Waals surface area (Å²) in [6.45, 7) is 5.46. The zero-order chi connectivity index (χ0) is 11.3. The lowest BCUT2D eigenvalue weighted by atomic mass is 9.78. The van der Waals surface area contributed by atoms with Gasteiger partial charge in [-0.15, -0.1) is 0 Å². The Bertz CT molecular complexity index is 206. The van der Waals surface area contributed by atoms with E-state index in [4.69, 9.17) is 5.11 Å². The fraction of sp³-hybridized carbons (Fsp3) is 0.917. The Balaban J connectivity index is 2.17. The molecule has 0 spiro atoms. The molecule has 0 aromatic heterocycles. The van der Waals surface area contributed by atoms with Crippen molar-refractivity contribution in [2.75, 3.05) is 6.54 Å². The zero-order valence-corrected chi connectivity index (χ0v) is 9.83. The smallest absolute Gasteiger partial charge is 0.303 e. The van der Waals surface area contributed by atoms with Crippen molar-refractivity contribution in [1.29, 1.82) is 0 Å². The summed E-state index contributed by atoms with van der Waals surface area (Å²) in [6, 6.07) is 0.600. The molecule has 3 unspecified atom stereocenters. The molecular weight excluding hydrogens is 190 g/mol. The van der Waals surface area contributed by atoms with Crippen LogP contribution in [-0.4, -0.2) is 23.7 Å². The first kappa shape index (κ1) is 12.5. The molecule has 1 aliphatic carbocycles. The van der Waals surface area contributed by atoms with Crippen LogP contribution in [0.3, 0.4) is 0 Å². The second-order valence-corrected chi connectivity index (χ2v) is 4.83. The number of hydrogen-bond donors (Lipinski definition) is 2. The highest BCUT2D eigenvalue weighted by Crippen LogP contribution is 2.29. The maximum atomic E-state index is 10.3. The van der Waals surface area contributed by atoms with E-state index in [2.05, 4.69) is 19.2 Å². The number of aliphatic carboxylic acids is 1. The van der Waals surface area contributed by atoms with Gasteiger partial charge >= 0.3 is 5.97 Å². The first-order valence-electron chi connectivity index (χ1n) is 6.06. The van der Waals surface area contributed by atoms with E-state index in [0.717, 1.165) is 24.8 Å². The SMILES string of the molecule is CC1CCCC(NCCCC(=O)O)C1C. The lowest BCUT2D eigenvalue weighted by Gasteiger charge is -2.34. The third kappa shape index (κ3) is 4.20. The van der Waals surface area contributed by atoms with Crippen molar-refractivity contribution in [1.82, 2.24) is 5.32 Å². The van der Waals surface area contributed by atoms with Crippen molar-refractivity contribution in [3.05, 3.63) is 0 Å². The third-order valence-corrected chi connectivity index (χ3v) is 3.68. The summed E-state index contributed by atoms with van der Waals surface area (Å²) in [5, 5.41) is 12.0. The van der Waals surface area contributed by atoms with Crippen LogP contribution in [0.15, 0.2) is 0 Å². The molecule has 0 aliphatic heterocycles. The van der Waals surface area contributed by atoms with Crippen molar-refractivity contribution >= 4 is 5.97 Å². The first-order valence-corrected chi connectivity index (χ1v) is 6.06. The number of rotatable bonds is 5. The molecule has 2 N–H and O–H groups in total. The fourth-order valence-electron chi connectivity index (χ4n) is 2.40. The monoisotopic (exact) mass is 213 g/mol. The summed E-state index contributed by atoms with van der Waals surface area (Å²) in [5.41, 5.74) is 0. The van der Waals surface area contributed by atoms with Gasteiger partial charge in [0.1, 0.15) is 0 Å². The molecule has 0 saturated heterocycles. The zero-order valence-electron chi connectivity index (χ0n) is 9.83. The van der Waals surface area contributed by atoms with E-state index in [1.807, 2.05) is 0 Å². The molecule has 88 valence electrons. The highest BCUT2D eigenvalue weighted by atomic mass is 16.4. The van der Waals surface area contributed by atoms with Crippen LogP contribution in [-0.2, 0) is 4.79 Å². The van der Waals surface area contributed by atoms with Crippen molar-refractivity contribution in [2.45, 2.75) is 52.0 Å². The predicted molar refractivity (Wildman–Crippen MR) is 60.8 cm³/mol. The van der Waals surface area contributed by atoms with Crippen LogP contribution in [0.2, 0.25) is 0 Å². The summed E-state index contributed by atoms with van der Waals surface area (Å²) in [6.07, 6.45) is 4.92. The minimum Gasteiger partial charge on any atom is -0.481 e. The second-order valence-electron chi connectivity index (χ2n) is 4.83. The number of carbonyl (C=O) groups is 1. The van der Waals surface area contributed by atoms with Crippen LogP contribution in [0.1, 0.15) is 46.0 Å². The molecule has 15 heavy (non-hydrogen) atoms. The Hall–Kier alpha value is -0.570. The molecule has 0 bridgehead atoms. The van der Waals surface area contributed by atoms with E-state index < -0.39 is 5.97 Å². The largest absolute Gasteiger partial charge is 0.481 e. The Morgan fingerprint density at radius 3 is 2.80 bits per heavy atom. The quantitative estimate of drug-likeness (QED) is 0.689. The molecule has 3 nitrogen and oxygen atoms in total. The highest BCUT2D eigenvalue weighted by molar-refractivity contribution is 5.66. The molecule has 3 heteroatoms. The van der Waals surface area contributed by atoms with Crippen LogP contribution in [0.5, 0.6) is 0 Å². The topological polar surface area (TPSA) is 49.3 Å². The molecule has 1 saturated carbocycles. The summed E-state index contributed by atoms with van der Waals surface area (Å²) in [5.74, 6) is 0.834. The Labute approximate surface area is 92.3 Å². The van der Waals surface area contributed by atoms with Gasteiger partial charge in [-0.3, -0.25) is 4.79 Å². The normalized spacial score (nSPS) is 31.5. The van der Waals surface area contributed by atoms with Gasteiger partial charge in [-0.2, -0.15) is 0 Å². The molecular formula is C12H23NO2. The molecule has 1 rings (SSSR count). The number of carboxylic acid groups (broad SMARTS) is 1. The molecule has 0 aromatic rings. The highest BCUT2D eigenvalue weighted by Gasteiger charge is 2.26. The van der Waals surface area contributed by atoms with Crippen molar-refractivity contribution in [3.63, 3.8) is 0 Å². The van der Waals surface area contributed by atoms with Gasteiger partial charge in [-0.25, -0.2) is 0 Å². The molecule has 0 heterocycles. The summed E-state index contributed by atoms with van der Waals surface area (Å²) < 4.78 is 0. The molecule has 3 atom stereocenters. The van der Waals surface area contributed by atoms with Crippen LogP contribution in [0.25, 0.3) is 0 Å². The Morgan fingerprint density at radius 1 is 1.40 bits per heavy atom. The average molecular weight is 213 g/mol. The van der Waals surface area contributed by atoms with E-state index in [-0.39, 0.29) is 6.42 Å². The maximum Gasteiger partial charge on any atom is 0.303 e. The summed E-state index contributed by atoms with van der Waals surface area (Å²) in [7, 11) is 0. The van der Waals surface area contributed by atoms with Crippen molar-refractivity contribution in [2.24, 2.45) is 11.8 Å². The lowest BCUT2D eigenvalue weighted by Crippen LogP contribution is -2.41. The van der Waals surface area contributed by atoms with Crippen molar-refractivity contribution < 1.29 is 9.90 Å². The van der Waals surface area contributed by atoms with E-state index in [1.54, 1.807) is 0 Å². The molecule has 0 aromatic carbocycles. The van der Waals surface area contributed by atoms with Gasteiger partial charge in [0, 0.05) is 12.5 Å². The minimum atomic E-state index is -0.693. The maximum absolute atomic E-state index is 10.3. The summed E-state index contributed by atoms with van der Waals surface area (Å²) in [4.78, 5) is 10.3. The molecule has 0 radical (unpaired) electrons. The van der Waals surface area contributed by atoms with Gasteiger partial charge in [-0.1, -0.05) is 26.7 Å². The minimum absolute atomic E-state index is 0.281. The van der Waals surface area contributed by atoms with Crippen LogP contribution in [0.4, 0.5) is 0 Å². The van der Waals surface area contributed by atoms with Gasteiger partial charge in [-0.05, 0) is 31.2 Å². The van der Waals surface area contributed by atoms with E-state index in [1.165, 1.54) is 19.3 Å². The van der Waals surface area contributed by atoms with E-state index in [9.17, 15) is 4.79 Å². The average Bonchev–Trinajstić information content (AvgIpc) is 2.18. The van der Waals surface area contributed by atoms with Gasteiger partial charge in [0.05, 0.1) is 0 Å². The van der Waals surface area contributed by atoms with Crippen LogP contribution in [0, 0.1) is 11.8 Å². The number of hydrogen-bond acceptors (Lipinski definition) is 2. The summed E-state index contributed by atoms with van der Waals surface area (Å²) >= 11 is 0. The second kappa shape index (κ2) is 6.11. The number of nitrogens with one attached hydrogen (secondary N) is 1. The van der Waals surface area contributed by atoms with Gasteiger partial charge in [0.2, 0.25) is 0 Å². The van der Waals surface area contributed by atoms with Gasteiger partial charge in [0.25, 0.3) is 0 Å². The standard InChI is InChI=1S/C12H23NO2/c1-9-5-3-6-11(10(9)2)13-8-4-7-12(14)15/h9-11,13H,3-8H2,1-2H3,(H,14,15). The molecule has 1 aliphatic rings. The Morgan fingerprint density at radius 2 is 2.13 bits per heavy atom. The van der Waals surface area contributed by atoms with E-state index in [0.29, 0.717) is 6.04 Å². The van der Waals surface area contributed by atoms with Crippen LogP contribution < -0.4 is 5.32 Å². The van der Waals surface area contributed by atoms with Gasteiger partial charge < -0.3 is 10.4 Å². The number of carboxylic acids is 1. The fourth-order valence-corrected chi connectivity index (χ4v) is 2.40. The third-order valence-electron chi connectivity index (χ3n) is 3.68. The molecule has 0 amide bonds. The lowest BCUT2D eigenvalue weighted by molar-refractivity contribution is -0.137.